The summed E-state index contributed by atoms with van der Waals surface area (Å²) in [6.07, 6.45) is 4.96. The number of anilines is 1. The van der Waals surface area contributed by atoms with Crippen LogP contribution >= 0.6 is 0 Å². The van der Waals surface area contributed by atoms with E-state index in [0.717, 1.165) is 56.9 Å². The quantitative estimate of drug-likeness (QED) is 0.899. The second-order valence-electron chi connectivity index (χ2n) is 7.24. The zero-order chi connectivity index (χ0) is 17.8. The molecule has 1 amide bonds. The van der Waals surface area contributed by atoms with Crippen LogP contribution in [0.25, 0.3) is 0 Å². The minimum Gasteiger partial charge on any atom is -0.377 e. The molecule has 2 fully saturated rings. The highest BCUT2D eigenvalue weighted by Crippen LogP contribution is 2.43. The predicted octanol–water partition coefficient (Wildman–Crippen LogP) is 3.21. The lowest BCUT2D eigenvalue weighted by molar-refractivity contribution is -0.0150. The number of pyridine rings is 1. The van der Waals surface area contributed by atoms with Gasteiger partial charge in [-0.15, -0.1) is 0 Å². The van der Waals surface area contributed by atoms with Crippen LogP contribution in [0, 0.1) is 5.41 Å². The molecule has 5 heteroatoms. The summed E-state index contributed by atoms with van der Waals surface area (Å²) in [4.78, 5) is 19.2. The van der Waals surface area contributed by atoms with Crippen molar-refractivity contribution in [1.29, 1.82) is 0 Å². The molecule has 2 aliphatic rings. The van der Waals surface area contributed by atoms with Gasteiger partial charge in [0.15, 0.2) is 0 Å². The Hall–Kier alpha value is -2.40. The van der Waals surface area contributed by atoms with Crippen LogP contribution in [0.5, 0.6) is 0 Å². The molecule has 0 unspecified atom stereocenters. The van der Waals surface area contributed by atoms with Gasteiger partial charge in [0.1, 0.15) is 5.82 Å². The summed E-state index contributed by atoms with van der Waals surface area (Å²) in [7, 11) is 0. The first-order valence-corrected chi connectivity index (χ1v) is 9.38. The highest BCUT2D eigenvalue weighted by molar-refractivity contribution is 5.94. The van der Waals surface area contributed by atoms with Gasteiger partial charge in [-0.2, -0.15) is 0 Å². The largest absolute Gasteiger partial charge is 0.377 e. The van der Waals surface area contributed by atoms with E-state index < -0.39 is 0 Å². The first-order chi connectivity index (χ1) is 12.8. The number of likely N-dealkylation sites (tertiary alicyclic amines) is 1. The number of ether oxygens (including phenoxy) is 1. The monoisotopic (exact) mass is 351 g/mol. The number of hydrogen-bond donors (Lipinski definition) is 1. The molecule has 26 heavy (non-hydrogen) atoms. The van der Waals surface area contributed by atoms with Gasteiger partial charge in [-0.3, -0.25) is 4.79 Å². The molecule has 0 saturated carbocycles. The minimum absolute atomic E-state index is 0.0461. The van der Waals surface area contributed by atoms with Crippen LogP contribution < -0.4 is 5.32 Å². The number of nitrogens with one attached hydrogen (secondary N) is 1. The average Bonchev–Trinajstić information content (AvgIpc) is 3.12. The Morgan fingerprint density at radius 1 is 1.23 bits per heavy atom. The zero-order valence-electron chi connectivity index (χ0n) is 14.9. The Morgan fingerprint density at radius 3 is 2.88 bits per heavy atom. The van der Waals surface area contributed by atoms with Gasteiger partial charge >= 0.3 is 0 Å². The van der Waals surface area contributed by atoms with E-state index in [-0.39, 0.29) is 17.4 Å². The number of piperidine rings is 1. The van der Waals surface area contributed by atoms with Crippen molar-refractivity contribution in [2.24, 2.45) is 5.41 Å². The fourth-order valence-electron chi connectivity index (χ4n) is 4.25. The number of carbonyl (C=O) groups is 1. The van der Waals surface area contributed by atoms with Gasteiger partial charge < -0.3 is 15.0 Å². The third kappa shape index (κ3) is 3.44. The SMILES string of the molecule is O=C(c1ccccc1)N1CC[C@H]2OCC[C@@]2(CCNc2ccccn2)C1. The van der Waals surface area contributed by atoms with Gasteiger partial charge in [0, 0.05) is 43.4 Å². The Morgan fingerprint density at radius 2 is 2.08 bits per heavy atom. The van der Waals surface area contributed by atoms with Crippen molar-refractivity contribution in [3.05, 3.63) is 60.3 Å². The maximum atomic E-state index is 12.9. The first kappa shape index (κ1) is 17.0. The lowest BCUT2D eigenvalue weighted by Crippen LogP contribution is -2.52. The number of carbonyl (C=O) groups excluding carboxylic acids is 1. The molecule has 5 nitrogen and oxygen atoms in total. The second kappa shape index (κ2) is 7.46. The number of fused-ring (bicyclic) bond motifs is 1. The van der Waals surface area contributed by atoms with Gasteiger partial charge in [0.25, 0.3) is 5.91 Å². The Labute approximate surface area is 154 Å². The average molecular weight is 351 g/mol. The third-order valence-electron chi connectivity index (χ3n) is 5.67. The van der Waals surface area contributed by atoms with Crippen LogP contribution in [0.4, 0.5) is 5.82 Å². The fourth-order valence-corrected chi connectivity index (χ4v) is 4.25. The molecule has 0 radical (unpaired) electrons. The molecule has 2 aromatic rings. The smallest absolute Gasteiger partial charge is 0.253 e. The fraction of sp³-hybridized carbons (Fsp3) is 0.429. The van der Waals surface area contributed by atoms with E-state index in [1.54, 1.807) is 6.20 Å². The van der Waals surface area contributed by atoms with E-state index in [9.17, 15) is 4.79 Å². The van der Waals surface area contributed by atoms with Crippen LogP contribution in [0.2, 0.25) is 0 Å². The molecule has 136 valence electrons. The Kier molecular flexibility index (Phi) is 4.89. The molecule has 2 saturated heterocycles. The maximum absolute atomic E-state index is 12.9. The Bertz CT molecular complexity index is 737. The van der Waals surface area contributed by atoms with Crippen LogP contribution in [0.1, 0.15) is 29.6 Å². The lowest BCUT2D eigenvalue weighted by atomic mass is 9.74. The summed E-state index contributed by atoms with van der Waals surface area (Å²) in [6, 6.07) is 15.5. The van der Waals surface area contributed by atoms with Crippen molar-refractivity contribution >= 4 is 11.7 Å². The molecule has 0 bridgehead atoms. The van der Waals surface area contributed by atoms with Gasteiger partial charge in [0.05, 0.1) is 6.10 Å². The number of amides is 1. The molecule has 1 aromatic carbocycles. The van der Waals surface area contributed by atoms with E-state index in [4.69, 9.17) is 4.74 Å². The normalized spacial score (nSPS) is 24.9. The molecule has 0 spiro atoms. The summed E-state index contributed by atoms with van der Waals surface area (Å²) in [5.74, 6) is 1.03. The van der Waals surface area contributed by atoms with Gasteiger partial charge in [0.2, 0.25) is 0 Å². The molecule has 2 aliphatic heterocycles. The first-order valence-electron chi connectivity index (χ1n) is 9.38. The lowest BCUT2D eigenvalue weighted by Gasteiger charge is -2.44. The van der Waals surface area contributed by atoms with Crippen LogP contribution in [0.3, 0.4) is 0 Å². The van der Waals surface area contributed by atoms with Crippen molar-refractivity contribution in [3.63, 3.8) is 0 Å². The van der Waals surface area contributed by atoms with Crippen molar-refractivity contribution in [1.82, 2.24) is 9.88 Å². The number of benzene rings is 1. The van der Waals surface area contributed by atoms with E-state index in [1.807, 2.05) is 53.4 Å². The zero-order valence-corrected chi connectivity index (χ0v) is 14.9. The molecule has 0 aliphatic carbocycles. The second-order valence-corrected chi connectivity index (χ2v) is 7.24. The third-order valence-corrected chi connectivity index (χ3v) is 5.67. The summed E-state index contributed by atoms with van der Waals surface area (Å²) in [6.45, 7) is 3.18. The number of rotatable bonds is 5. The van der Waals surface area contributed by atoms with E-state index in [0.29, 0.717) is 0 Å². The van der Waals surface area contributed by atoms with E-state index in [2.05, 4.69) is 10.3 Å². The van der Waals surface area contributed by atoms with E-state index in [1.165, 1.54) is 0 Å². The van der Waals surface area contributed by atoms with Gasteiger partial charge in [-0.1, -0.05) is 24.3 Å². The number of nitrogens with zero attached hydrogens (tertiary/aromatic N) is 2. The summed E-state index contributed by atoms with van der Waals surface area (Å²) < 4.78 is 6.02. The highest BCUT2D eigenvalue weighted by Gasteiger charge is 2.48. The van der Waals surface area contributed by atoms with Crippen LogP contribution in [-0.2, 0) is 4.74 Å². The summed E-state index contributed by atoms with van der Waals surface area (Å²) in [5, 5.41) is 3.41. The predicted molar refractivity (Wildman–Crippen MR) is 101 cm³/mol. The minimum atomic E-state index is 0.0461. The Balaban J connectivity index is 1.43. The molecule has 2 atom stereocenters. The molecular weight excluding hydrogens is 326 g/mol. The van der Waals surface area contributed by atoms with Crippen molar-refractivity contribution < 1.29 is 9.53 Å². The molecule has 1 N–H and O–H groups in total. The van der Waals surface area contributed by atoms with Crippen LogP contribution in [0.15, 0.2) is 54.7 Å². The summed E-state index contributed by atoms with van der Waals surface area (Å²) >= 11 is 0. The maximum Gasteiger partial charge on any atom is 0.253 e. The standard InChI is InChI=1S/C21H25N3O2/c25-20(17-6-2-1-3-7-17)24-14-9-18-21(16-24,11-15-26-18)10-13-23-19-8-4-5-12-22-19/h1-8,12,18H,9-11,13-16H2,(H,22,23)/t18-,21+/m1/s1. The summed E-state index contributed by atoms with van der Waals surface area (Å²) in [5.41, 5.74) is 0.816. The van der Waals surface area contributed by atoms with Crippen LogP contribution in [-0.4, -0.2) is 48.1 Å². The van der Waals surface area contributed by atoms with Gasteiger partial charge in [-0.25, -0.2) is 4.98 Å². The van der Waals surface area contributed by atoms with Crippen molar-refractivity contribution in [3.8, 4) is 0 Å². The van der Waals surface area contributed by atoms with Gasteiger partial charge in [-0.05, 0) is 43.5 Å². The topological polar surface area (TPSA) is 54.5 Å². The molecule has 4 rings (SSSR count). The molecule has 1 aromatic heterocycles. The molecule has 3 heterocycles. The number of aromatic nitrogens is 1. The highest BCUT2D eigenvalue weighted by atomic mass is 16.5. The number of hydrogen-bond acceptors (Lipinski definition) is 4. The van der Waals surface area contributed by atoms with Crippen molar-refractivity contribution in [2.75, 3.05) is 31.6 Å². The molecular formula is C21H25N3O2. The van der Waals surface area contributed by atoms with Crippen molar-refractivity contribution in [2.45, 2.75) is 25.4 Å². The van der Waals surface area contributed by atoms with E-state index >= 15 is 0 Å².